The summed E-state index contributed by atoms with van der Waals surface area (Å²) in [5.41, 5.74) is 2.36. The number of ether oxygens (including phenoxy) is 3. The van der Waals surface area contributed by atoms with Gasteiger partial charge in [0.2, 0.25) is 5.91 Å². The number of nitrogens with one attached hydrogen (secondary N) is 1. The summed E-state index contributed by atoms with van der Waals surface area (Å²) in [5.74, 6) is -0.624. The zero-order chi connectivity index (χ0) is 19.5. The molecule has 0 spiro atoms. The van der Waals surface area contributed by atoms with Crippen LogP contribution in [0, 0.1) is 5.92 Å². The van der Waals surface area contributed by atoms with Gasteiger partial charge >= 0.3 is 5.97 Å². The molecule has 1 aromatic rings. The fourth-order valence-corrected chi connectivity index (χ4v) is 2.75. The van der Waals surface area contributed by atoms with Crippen molar-refractivity contribution < 1.29 is 29.0 Å². The highest BCUT2D eigenvalue weighted by molar-refractivity contribution is 5.82. The van der Waals surface area contributed by atoms with Gasteiger partial charge in [0.1, 0.15) is 0 Å². The van der Waals surface area contributed by atoms with Gasteiger partial charge in [-0.05, 0) is 37.0 Å². The lowest BCUT2D eigenvalue weighted by molar-refractivity contribution is -0.148. The van der Waals surface area contributed by atoms with Crippen LogP contribution in [0.4, 0.5) is 0 Å². The van der Waals surface area contributed by atoms with Gasteiger partial charge in [0.15, 0.2) is 11.5 Å². The molecule has 2 N–H and O–H groups in total. The van der Waals surface area contributed by atoms with Crippen LogP contribution < -0.4 is 15.0 Å². The van der Waals surface area contributed by atoms with Crippen molar-refractivity contribution in [2.75, 3.05) is 14.2 Å². The van der Waals surface area contributed by atoms with Crippen LogP contribution in [0.25, 0.3) is 0 Å². The molecule has 0 aliphatic heterocycles. The smallest absolute Gasteiger partial charge is 0.309 e. The Labute approximate surface area is 154 Å². The fraction of sp³-hybridized carbons (Fsp3) is 0.579. The predicted octanol–water partition coefficient (Wildman–Crippen LogP) is 2.88. The van der Waals surface area contributed by atoms with E-state index in [2.05, 4.69) is 13.8 Å². The lowest BCUT2D eigenvalue weighted by atomic mass is 9.95. The van der Waals surface area contributed by atoms with E-state index in [0.29, 0.717) is 11.5 Å². The first-order valence-electron chi connectivity index (χ1n) is 8.83. The Hall–Kier alpha value is -2.28. The number of rotatable bonds is 11. The van der Waals surface area contributed by atoms with Gasteiger partial charge in [0, 0.05) is 6.42 Å². The van der Waals surface area contributed by atoms with Gasteiger partial charge in [0.25, 0.3) is 0 Å². The summed E-state index contributed by atoms with van der Waals surface area (Å²) in [4.78, 5) is 23.4. The molecule has 7 heteroatoms. The van der Waals surface area contributed by atoms with Gasteiger partial charge in [-0.25, -0.2) is 5.48 Å². The van der Waals surface area contributed by atoms with Crippen LogP contribution in [0.5, 0.6) is 11.5 Å². The van der Waals surface area contributed by atoms with Crippen LogP contribution in [0.3, 0.4) is 0 Å². The van der Waals surface area contributed by atoms with Crippen LogP contribution in [-0.2, 0) is 20.7 Å². The maximum atomic E-state index is 11.9. The fourth-order valence-electron chi connectivity index (χ4n) is 2.75. The Bertz CT molecular complexity index is 589. The highest BCUT2D eigenvalue weighted by Crippen LogP contribution is 2.31. The van der Waals surface area contributed by atoms with E-state index in [4.69, 9.17) is 19.4 Å². The lowest BCUT2D eigenvalue weighted by Gasteiger charge is -2.20. The van der Waals surface area contributed by atoms with E-state index in [1.165, 1.54) is 7.11 Å². The van der Waals surface area contributed by atoms with Crippen molar-refractivity contribution in [1.82, 2.24) is 5.48 Å². The molecule has 0 aliphatic rings. The molecule has 1 aromatic carbocycles. The molecule has 0 aromatic heterocycles. The number of hydrogen-bond acceptors (Lipinski definition) is 6. The second-order valence-electron chi connectivity index (χ2n) is 6.09. The number of methoxy groups -OCH3 is 2. The second-order valence-corrected chi connectivity index (χ2v) is 6.09. The van der Waals surface area contributed by atoms with Gasteiger partial charge in [-0.2, -0.15) is 0 Å². The highest BCUT2D eigenvalue weighted by Gasteiger charge is 2.24. The SMILES string of the molecule is CCCC(CC)Oc1cc(CC(CC(=O)NO)C(=O)OC)ccc1OC. The molecule has 0 saturated heterocycles. The van der Waals surface area contributed by atoms with E-state index in [9.17, 15) is 9.59 Å². The average Bonchev–Trinajstić information content (AvgIpc) is 2.66. The van der Waals surface area contributed by atoms with Crippen molar-refractivity contribution in [3.63, 3.8) is 0 Å². The number of carbonyl (C=O) groups excluding carboxylic acids is 2. The molecule has 1 rings (SSSR count). The van der Waals surface area contributed by atoms with Crippen molar-refractivity contribution in [3.8, 4) is 11.5 Å². The van der Waals surface area contributed by atoms with Gasteiger partial charge in [-0.1, -0.05) is 26.3 Å². The van der Waals surface area contributed by atoms with E-state index in [1.54, 1.807) is 18.7 Å². The predicted molar refractivity (Wildman–Crippen MR) is 96.4 cm³/mol. The van der Waals surface area contributed by atoms with Crippen LogP contribution >= 0.6 is 0 Å². The molecule has 0 saturated carbocycles. The Morgan fingerprint density at radius 1 is 1.19 bits per heavy atom. The Morgan fingerprint density at radius 3 is 2.46 bits per heavy atom. The molecule has 2 atom stereocenters. The Kier molecular flexibility index (Phi) is 9.51. The minimum absolute atomic E-state index is 0.0840. The molecule has 2 unspecified atom stereocenters. The maximum absolute atomic E-state index is 11.9. The Balaban J connectivity index is 3.01. The van der Waals surface area contributed by atoms with Gasteiger partial charge in [0.05, 0.1) is 26.2 Å². The number of hydroxylamine groups is 1. The van der Waals surface area contributed by atoms with Crippen LogP contribution in [0.15, 0.2) is 18.2 Å². The van der Waals surface area contributed by atoms with Crippen molar-refractivity contribution in [1.29, 1.82) is 0 Å². The summed E-state index contributed by atoms with van der Waals surface area (Å²) in [7, 11) is 2.84. The zero-order valence-corrected chi connectivity index (χ0v) is 15.9. The molecular weight excluding hydrogens is 338 g/mol. The van der Waals surface area contributed by atoms with E-state index in [1.807, 2.05) is 12.1 Å². The normalized spacial score (nSPS) is 12.8. The number of hydrogen-bond donors (Lipinski definition) is 2. The molecule has 146 valence electrons. The summed E-state index contributed by atoms with van der Waals surface area (Å²) in [5, 5.41) is 8.71. The van der Waals surface area contributed by atoms with Crippen molar-refractivity contribution in [2.45, 2.75) is 52.1 Å². The highest BCUT2D eigenvalue weighted by atomic mass is 16.5. The molecule has 1 amide bonds. The van der Waals surface area contributed by atoms with Gasteiger partial charge in [-0.15, -0.1) is 0 Å². The number of carbonyl (C=O) groups is 2. The first kappa shape index (κ1) is 21.8. The van der Waals surface area contributed by atoms with Crippen molar-refractivity contribution >= 4 is 11.9 Å². The zero-order valence-electron chi connectivity index (χ0n) is 15.9. The first-order valence-corrected chi connectivity index (χ1v) is 8.83. The summed E-state index contributed by atoms with van der Waals surface area (Å²) in [6.45, 7) is 4.17. The topological polar surface area (TPSA) is 94.1 Å². The maximum Gasteiger partial charge on any atom is 0.309 e. The van der Waals surface area contributed by atoms with Crippen molar-refractivity contribution in [3.05, 3.63) is 23.8 Å². The average molecular weight is 367 g/mol. The second kappa shape index (κ2) is 11.4. The van der Waals surface area contributed by atoms with Crippen molar-refractivity contribution in [2.24, 2.45) is 5.92 Å². The monoisotopic (exact) mass is 367 g/mol. The Morgan fingerprint density at radius 2 is 1.92 bits per heavy atom. The standard InChI is InChI=1S/C19H29NO6/c1-5-7-15(6-2)26-17-11-13(8-9-16(17)24-3)10-14(19(22)25-4)12-18(21)20-23/h8-9,11,14-15,23H,5-7,10,12H2,1-4H3,(H,20,21). The first-order chi connectivity index (χ1) is 12.5. The quantitative estimate of drug-likeness (QED) is 0.355. The summed E-state index contributed by atoms with van der Waals surface area (Å²) in [6.07, 6.45) is 3.03. The van der Waals surface area contributed by atoms with Gasteiger partial charge in [-0.3, -0.25) is 14.8 Å². The third kappa shape index (κ3) is 6.55. The van der Waals surface area contributed by atoms with Gasteiger partial charge < -0.3 is 14.2 Å². The van der Waals surface area contributed by atoms with E-state index in [-0.39, 0.29) is 18.9 Å². The minimum atomic E-state index is -0.703. The third-order valence-corrected chi connectivity index (χ3v) is 4.16. The number of benzene rings is 1. The molecule has 26 heavy (non-hydrogen) atoms. The summed E-state index contributed by atoms with van der Waals surface area (Å²) < 4.78 is 16.2. The van der Waals surface area contributed by atoms with E-state index in [0.717, 1.165) is 24.8 Å². The third-order valence-electron chi connectivity index (χ3n) is 4.16. The molecule has 0 fully saturated rings. The minimum Gasteiger partial charge on any atom is -0.493 e. The lowest BCUT2D eigenvalue weighted by Crippen LogP contribution is -2.28. The summed E-state index contributed by atoms with van der Waals surface area (Å²) in [6, 6.07) is 5.42. The molecule has 0 bridgehead atoms. The molecule has 0 radical (unpaired) electrons. The number of amides is 1. The molecule has 0 aliphatic carbocycles. The number of esters is 1. The van der Waals surface area contributed by atoms with Crippen LogP contribution in [0.1, 0.15) is 45.1 Å². The molecule has 7 nitrogen and oxygen atoms in total. The van der Waals surface area contributed by atoms with E-state index >= 15 is 0 Å². The molecular formula is C19H29NO6. The molecule has 0 heterocycles. The van der Waals surface area contributed by atoms with E-state index < -0.39 is 17.8 Å². The largest absolute Gasteiger partial charge is 0.493 e. The van der Waals surface area contributed by atoms with Crippen LogP contribution in [0.2, 0.25) is 0 Å². The summed E-state index contributed by atoms with van der Waals surface area (Å²) >= 11 is 0. The van der Waals surface area contributed by atoms with Crippen LogP contribution in [-0.4, -0.2) is 37.4 Å².